The van der Waals surface area contributed by atoms with Crippen LogP contribution in [0.3, 0.4) is 0 Å². The molecule has 0 aromatic carbocycles. The second-order valence-electron chi connectivity index (χ2n) is 3.73. The first kappa shape index (κ1) is 11.9. The second kappa shape index (κ2) is 4.57. The van der Waals surface area contributed by atoms with E-state index in [1.54, 1.807) is 0 Å². The lowest BCUT2D eigenvalue weighted by molar-refractivity contribution is 0.0934. The molecule has 0 saturated heterocycles. The normalized spacial score (nSPS) is 10.5. The average molecular weight is 226 g/mol. The molecular formula is C9H14N4OS. The molecule has 82 valence electrons. The summed E-state index contributed by atoms with van der Waals surface area (Å²) in [5.74, 6) is 0.152. The van der Waals surface area contributed by atoms with Crippen LogP contribution < -0.4 is 0 Å². The molecule has 0 atom stereocenters. The van der Waals surface area contributed by atoms with E-state index in [0.29, 0.717) is 11.5 Å². The maximum Gasteiger partial charge on any atom is 0.206 e. The zero-order valence-electron chi connectivity index (χ0n) is 9.22. The van der Waals surface area contributed by atoms with E-state index in [2.05, 4.69) is 28.1 Å². The highest BCUT2D eigenvalue weighted by Crippen LogP contribution is 2.20. The molecule has 0 amide bonds. The van der Waals surface area contributed by atoms with Crippen molar-refractivity contribution >= 4 is 30.1 Å². The highest BCUT2D eigenvalue weighted by molar-refractivity contribution is 7.78. The average Bonchev–Trinajstić information content (AvgIpc) is 2.45. The van der Waals surface area contributed by atoms with Crippen molar-refractivity contribution in [3.63, 3.8) is 0 Å². The molecule has 0 radical (unpaired) electrons. The lowest BCUT2D eigenvalue weighted by Crippen LogP contribution is -2.11. The van der Waals surface area contributed by atoms with Gasteiger partial charge in [0, 0.05) is 11.6 Å². The Kier molecular flexibility index (Phi) is 3.62. The predicted molar refractivity (Wildman–Crippen MR) is 62.0 cm³/mol. The topological polar surface area (TPSA) is 60.1 Å². The molecule has 0 aliphatic rings. The SMILES string of the molecule is CC(C)=Nc1nnn(S)c1C(=O)C(C)C. The maximum atomic E-state index is 11.8. The van der Waals surface area contributed by atoms with Crippen molar-refractivity contribution in [1.29, 1.82) is 0 Å². The molecule has 5 nitrogen and oxygen atoms in total. The Morgan fingerprint density at radius 3 is 2.53 bits per heavy atom. The Balaban J connectivity index is 3.21. The molecule has 0 unspecified atom stereocenters. The zero-order chi connectivity index (χ0) is 11.6. The quantitative estimate of drug-likeness (QED) is 0.486. The minimum absolute atomic E-state index is 0.0602. The van der Waals surface area contributed by atoms with Gasteiger partial charge in [0.1, 0.15) is 0 Å². The van der Waals surface area contributed by atoms with E-state index in [9.17, 15) is 4.79 Å². The predicted octanol–water partition coefficient (Wildman–Crippen LogP) is 1.92. The Labute approximate surface area is 94.1 Å². The molecule has 1 rings (SSSR count). The molecule has 1 heterocycles. The first-order chi connectivity index (χ1) is 6.93. The number of aromatic nitrogens is 3. The van der Waals surface area contributed by atoms with Crippen molar-refractivity contribution in [2.75, 3.05) is 0 Å². The van der Waals surface area contributed by atoms with Crippen LogP contribution in [0.5, 0.6) is 0 Å². The summed E-state index contributed by atoms with van der Waals surface area (Å²) in [6, 6.07) is 0. The molecule has 0 aliphatic heterocycles. The number of carbonyl (C=O) groups is 1. The lowest BCUT2D eigenvalue weighted by Gasteiger charge is -2.03. The van der Waals surface area contributed by atoms with Crippen molar-refractivity contribution < 1.29 is 4.79 Å². The smallest absolute Gasteiger partial charge is 0.206 e. The molecule has 0 bridgehead atoms. The molecule has 1 aromatic rings. The van der Waals surface area contributed by atoms with E-state index in [0.717, 1.165) is 5.71 Å². The van der Waals surface area contributed by atoms with E-state index in [4.69, 9.17) is 0 Å². The minimum Gasteiger partial charge on any atom is -0.292 e. The largest absolute Gasteiger partial charge is 0.292 e. The monoisotopic (exact) mass is 226 g/mol. The van der Waals surface area contributed by atoms with Crippen LogP contribution >= 0.6 is 12.8 Å². The van der Waals surface area contributed by atoms with E-state index >= 15 is 0 Å². The van der Waals surface area contributed by atoms with Gasteiger partial charge in [-0.2, -0.15) is 4.09 Å². The number of ketones is 1. The van der Waals surface area contributed by atoms with Crippen LogP contribution in [0.1, 0.15) is 38.2 Å². The van der Waals surface area contributed by atoms with Gasteiger partial charge < -0.3 is 0 Å². The molecule has 0 saturated carbocycles. The number of rotatable bonds is 3. The van der Waals surface area contributed by atoms with Gasteiger partial charge in [-0.3, -0.25) is 4.79 Å². The van der Waals surface area contributed by atoms with Gasteiger partial charge in [-0.25, -0.2) is 4.99 Å². The number of Topliss-reactive ketones (excluding diaryl/α,β-unsaturated/α-hetero) is 1. The first-order valence-electron chi connectivity index (χ1n) is 4.64. The van der Waals surface area contributed by atoms with Gasteiger partial charge in [0.25, 0.3) is 0 Å². The first-order valence-corrected chi connectivity index (χ1v) is 5.04. The molecule has 6 heteroatoms. The van der Waals surface area contributed by atoms with Crippen LogP contribution in [0.2, 0.25) is 0 Å². The third kappa shape index (κ3) is 2.65. The highest BCUT2D eigenvalue weighted by Gasteiger charge is 2.21. The zero-order valence-corrected chi connectivity index (χ0v) is 10.1. The van der Waals surface area contributed by atoms with E-state index in [1.807, 2.05) is 27.7 Å². The summed E-state index contributed by atoms with van der Waals surface area (Å²) in [6.07, 6.45) is 0. The number of hydrogen-bond donors (Lipinski definition) is 1. The minimum atomic E-state index is -0.125. The summed E-state index contributed by atoms with van der Waals surface area (Å²) in [6.45, 7) is 7.30. The van der Waals surface area contributed by atoms with Gasteiger partial charge in [-0.05, 0) is 26.7 Å². The molecule has 1 aromatic heterocycles. The summed E-state index contributed by atoms with van der Waals surface area (Å²) in [5, 5.41) is 7.46. The van der Waals surface area contributed by atoms with Gasteiger partial charge in [-0.1, -0.05) is 19.1 Å². The van der Waals surface area contributed by atoms with E-state index < -0.39 is 0 Å². The highest BCUT2D eigenvalue weighted by atomic mass is 32.1. The third-order valence-corrected chi connectivity index (χ3v) is 2.00. The summed E-state index contributed by atoms with van der Waals surface area (Å²) in [7, 11) is 0. The number of thiol groups is 1. The maximum absolute atomic E-state index is 11.8. The second-order valence-corrected chi connectivity index (χ2v) is 4.11. The lowest BCUT2D eigenvalue weighted by atomic mass is 10.1. The van der Waals surface area contributed by atoms with Crippen molar-refractivity contribution in [1.82, 2.24) is 14.4 Å². The third-order valence-electron chi connectivity index (χ3n) is 1.72. The standard InChI is InChI=1S/C9H14N4OS/c1-5(2)8(14)7-9(10-6(3)4)11-12-13(7)15/h5,15H,1-4H3. The van der Waals surface area contributed by atoms with E-state index in [1.165, 1.54) is 4.09 Å². The molecule has 0 aliphatic carbocycles. The van der Waals surface area contributed by atoms with Crippen LogP contribution in [-0.4, -0.2) is 25.9 Å². The fraction of sp³-hybridized carbons (Fsp3) is 0.556. The molecule has 0 fully saturated rings. The molecule has 0 spiro atoms. The number of aliphatic imine (C=N–C) groups is 1. The van der Waals surface area contributed by atoms with Gasteiger partial charge in [-0.15, -0.1) is 5.10 Å². The Morgan fingerprint density at radius 2 is 2.07 bits per heavy atom. The van der Waals surface area contributed by atoms with Crippen molar-refractivity contribution in [3.05, 3.63) is 5.69 Å². The van der Waals surface area contributed by atoms with Crippen LogP contribution in [0.4, 0.5) is 5.82 Å². The Hall–Kier alpha value is -1.17. The summed E-state index contributed by atoms with van der Waals surface area (Å²) < 4.78 is 1.17. The number of hydrogen-bond acceptors (Lipinski definition) is 5. The van der Waals surface area contributed by atoms with Crippen molar-refractivity contribution in [3.8, 4) is 0 Å². The van der Waals surface area contributed by atoms with Crippen LogP contribution in [-0.2, 0) is 0 Å². The number of nitrogens with zero attached hydrogens (tertiary/aromatic N) is 4. The summed E-state index contributed by atoms with van der Waals surface area (Å²) in [4.78, 5) is 15.9. The Bertz CT molecular complexity index is 404. The summed E-state index contributed by atoms with van der Waals surface area (Å²) in [5.41, 5.74) is 1.16. The molecular weight excluding hydrogens is 212 g/mol. The van der Waals surface area contributed by atoms with Crippen LogP contribution in [0.25, 0.3) is 0 Å². The van der Waals surface area contributed by atoms with Gasteiger partial charge in [0.2, 0.25) is 5.82 Å². The van der Waals surface area contributed by atoms with Gasteiger partial charge in [0.15, 0.2) is 11.5 Å². The van der Waals surface area contributed by atoms with Crippen molar-refractivity contribution in [2.45, 2.75) is 27.7 Å². The summed E-state index contributed by atoms with van der Waals surface area (Å²) >= 11 is 4.03. The van der Waals surface area contributed by atoms with Crippen LogP contribution in [0.15, 0.2) is 4.99 Å². The fourth-order valence-electron chi connectivity index (χ4n) is 1.04. The van der Waals surface area contributed by atoms with Crippen LogP contribution in [0, 0.1) is 5.92 Å². The Morgan fingerprint density at radius 1 is 1.47 bits per heavy atom. The fourth-order valence-corrected chi connectivity index (χ4v) is 1.26. The van der Waals surface area contributed by atoms with E-state index in [-0.39, 0.29) is 11.7 Å². The van der Waals surface area contributed by atoms with Gasteiger partial charge in [0.05, 0.1) is 0 Å². The molecule has 15 heavy (non-hydrogen) atoms. The van der Waals surface area contributed by atoms with Gasteiger partial charge >= 0.3 is 0 Å². The number of carbonyl (C=O) groups excluding carboxylic acids is 1. The van der Waals surface area contributed by atoms with Crippen molar-refractivity contribution in [2.24, 2.45) is 10.9 Å². The molecule has 0 N–H and O–H groups in total.